The van der Waals surface area contributed by atoms with Gasteiger partial charge in [0.15, 0.2) is 23.9 Å². The summed E-state index contributed by atoms with van der Waals surface area (Å²) in [5.41, 5.74) is 0.948. The average molecular weight is 480 g/mol. The lowest BCUT2D eigenvalue weighted by molar-refractivity contribution is 0.0604. The summed E-state index contributed by atoms with van der Waals surface area (Å²) in [6.45, 7) is 1.90. The van der Waals surface area contributed by atoms with Crippen molar-refractivity contribution in [2.24, 2.45) is 0 Å². The molecule has 0 unspecified atom stereocenters. The number of hydrogen-bond acceptors (Lipinski definition) is 7. The topological polar surface area (TPSA) is 118 Å². The molecule has 4 heterocycles. The summed E-state index contributed by atoms with van der Waals surface area (Å²) in [4.78, 5) is 16.3. The molecule has 0 bridgehead atoms. The Labute approximate surface area is 178 Å². The number of nitrogens with zero attached hydrogens (tertiary/aromatic N) is 4. The van der Waals surface area contributed by atoms with Crippen LogP contribution in [-0.4, -0.2) is 55.3 Å². The Morgan fingerprint density at radius 3 is 3.13 bits per heavy atom. The van der Waals surface area contributed by atoms with E-state index in [1.54, 1.807) is 29.2 Å². The number of H-pyrrole nitrogens is 1. The van der Waals surface area contributed by atoms with Gasteiger partial charge in [-0.2, -0.15) is 10.2 Å². The first-order chi connectivity index (χ1) is 14.4. The molecule has 3 atom stereocenters. The highest BCUT2D eigenvalue weighted by Gasteiger charge is 2.44. The first-order valence-corrected chi connectivity index (χ1v) is 10.3. The molecule has 2 aliphatic rings. The van der Waals surface area contributed by atoms with Crippen LogP contribution in [0.2, 0.25) is 0 Å². The minimum atomic E-state index is -1.51. The van der Waals surface area contributed by atoms with E-state index in [-0.39, 0.29) is 12.1 Å². The van der Waals surface area contributed by atoms with E-state index in [0.29, 0.717) is 17.3 Å². The summed E-state index contributed by atoms with van der Waals surface area (Å²) >= 11 is 3.44. The summed E-state index contributed by atoms with van der Waals surface area (Å²) in [7, 11) is 0. The van der Waals surface area contributed by atoms with Gasteiger partial charge >= 0.3 is 6.09 Å². The van der Waals surface area contributed by atoms with E-state index in [9.17, 15) is 9.18 Å². The minimum Gasteiger partial charge on any atom is -0.441 e. The molecule has 5 rings (SSSR count). The molecule has 1 aliphatic carbocycles. The van der Waals surface area contributed by atoms with Gasteiger partial charge in [0.05, 0.1) is 23.0 Å². The van der Waals surface area contributed by atoms with Crippen molar-refractivity contribution in [3.8, 4) is 0 Å². The van der Waals surface area contributed by atoms with E-state index in [0.717, 1.165) is 22.8 Å². The Hall–Kier alpha value is -2.73. The number of alkyl carbamates (subject to hydrolysis) is 1. The van der Waals surface area contributed by atoms with Crippen LogP contribution in [-0.2, 0) is 9.47 Å². The molecular weight excluding hydrogens is 461 g/mol. The molecule has 12 heteroatoms. The lowest BCUT2D eigenvalue weighted by Gasteiger charge is -2.17. The third kappa shape index (κ3) is 3.60. The average Bonchev–Trinajstić information content (AvgIpc) is 3.03. The standard InChI is InChI=1S/C18H19BrFN7O3/c1-18(2-3-18)24-17(28)30-11-8-29-15(13(11)20)10-6-12(26-25-10)23-16-14-9(19)7-22-27(14)5-4-21-16/h4-7,11,13,15H,2-3,8H2,1H3,(H,24,28)(H2,21,23,25,26)/t11-,13+,15-/m1/s1. The zero-order chi connectivity index (χ0) is 20.9. The van der Waals surface area contributed by atoms with Crippen molar-refractivity contribution in [3.63, 3.8) is 0 Å². The van der Waals surface area contributed by atoms with Crippen LogP contribution in [0.15, 0.2) is 29.1 Å². The number of carbonyl (C=O) groups is 1. The maximum absolute atomic E-state index is 14.9. The number of aromatic nitrogens is 5. The molecule has 3 aromatic heterocycles. The highest BCUT2D eigenvalue weighted by Crippen LogP contribution is 2.36. The number of ether oxygens (including phenoxy) is 2. The molecule has 10 nitrogen and oxygen atoms in total. The monoisotopic (exact) mass is 479 g/mol. The number of carbonyl (C=O) groups excluding carboxylic acids is 1. The van der Waals surface area contributed by atoms with Gasteiger partial charge in [0.2, 0.25) is 0 Å². The van der Waals surface area contributed by atoms with E-state index in [4.69, 9.17) is 9.47 Å². The molecule has 158 valence electrons. The second-order valence-electron chi connectivity index (χ2n) is 7.72. The number of aromatic amines is 1. The molecule has 0 spiro atoms. The Balaban J connectivity index is 1.26. The number of nitrogens with one attached hydrogen (secondary N) is 3. The third-order valence-corrected chi connectivity index (χ3v) is 5.86. The first-order valence-electron chi connectivity index (χ1n) is 9.46. The molecule has 1 saturated carbocycles. The molecule has 1 saturated heterocycles. The number of hydrogen-bond donors (Lipinski definition) is 3. The third-order valence-electron chi connectivity index (χ3n) is 5.28. The lowest BCUT2D eigenvalue weighted by atomic mass is 10.1. The molecule has 1 amide bonds. The maximum Gasteiger partial charge on any atom is 0.408 e. The number of halogens is 2. The first kappa shape index (κ1) is 19.2. The summed E-state index contributed by atoms with van der Waals surface area (Å²) in [5.74, 6) is 0.980. The van der Waals surface area contributed by atoms with Gasteiger partial charge in [-0.1, -0.05) is 0 Å². The summed E-state index contributed by atoms with van der Waals surface area (Å²) < 4.78 is 28.1. The quantitative estimate of drug-likeness (QED) is 0.514. The molecule has 30 heavy (non-hydrogen) atoms. The van der Waals surface area contributed by atoms with Crippen molar-refractivity contribution in [2.75, 3.05) is 11.9 Å². The van der Waals surface area contributed by atoms with Gasteiger partial charge in [0.25, 0.3) is 0 Å². The molecule has 1 aliphatic heterocycles. The Morgan fingerprint density at radius 1 is 1.50 bits per heavy atom. The predicted octanol–water partition coefficient (Wildman–Crippen LogP) is 3.02. The van der Waals surface area contributed by atoms with Crippen LogP contribution in [0, 0.1) is 0 Å². The van der Waals surface area contributed by atoms with Crippen molar-refractivity contribution in [2.45, 2.75) is 43.7 Å². The van der Waals surface area contributed by atoms with E-state index in [2.05, 4.69) is 46.8 Å². The highest BCUT2D eigenvalue weighted by atomic mass is 79.9. The number of rotatable bonds is 5. The Kier molecular flexibility index (Phi) is 4.62. The zero-order valence-electron chi connectivity index (χ0n) is 15.9. The van der Waals surface area contributed by atoms with Gasteiger partial charge in [-0.15, -0.1) is 0 Å². The molecule has 0 aromatic carbocycles. The number of alkyl halides is 1. The molecule has 2 fully saturated rings. The molecule has 3 N–H and O–H groups in total. The fourth-order valence-corrected chi connectivity index (χ4v) is 3.79. The fraction of sp³-hybridized carbons (Fsp3) is 0.444. The van der Waals surface area contributed by atoms with Crippen LogP contribution < -0.4 is 10.6 Å². The molecular formula is C18H19BrFN7O3. The van der Waals surface area contributed by atoms with Gasteiger partial charge in [-0.25, -0.2) is 18.7 Å². The second-order valence-corrected chi connectivity index (χ2v) is 8.58. The predicted molar refractivity (Wildman–Crippen MR) is 107 cm³/mol. The van der Waals surface area contributed by atoms with Crippen molar-refractivity contribution in [3.05, 3.63) is 34.8 Å². The van der Waals surface area contributed by atoms with Crippen molar-refractivity contribution < 1.29 is 18.7 Å². The van der Waals surface area contributed by atoms with Gasteiger partial charge in [-0.3, -0.25) is 5.10 Å². The van der Waals surface area contributed by atoms with Crippen LogP contribution in [0.4, 0.5) is 20.8 Å². The Bertz CT molecular complexity index is 1100. The van der Waals surface area contributed by atoms with E-state index < -0.39 is 24.5 Å². The normalized spacial score (nSPS) is 24.7. The number of anilines is 2. The van der Waals surface area contributed by atoms with Crippen molar-refractivity contribution >= 4 is 39.2 Å². The lowest BCUT2D eigenvalue weighted by Crippen LogP contribution is -2.39. The van der Waals surface area contributed by atoms with Crippen LogP contribution in [0.5, 0.6) is 0 Å². The molecule has 0 radical (unpaired) electrons. The maximum atomic E-state index is 14.9. The largest absolute Gasteiger partial charge is 0.441 e. The minimum absolute atomic E-state index is 0.0264. The van der Waals surface area contributed by atoms with Crippen LogP contribution in [0.3, 0.4) is 0 Å². The number of fused-ring (bicyclic) bond motifs is 1. The smallest absolute Gasteiger partial charge is 0.408 e. The van der Waals surface area contributed by atoms with E-state index in [1.165, 1.54) is 0 Å². The van der Waals surface area contributed by atoms with Crippen molar-refractivity contribution in [1.82, 2.24) is 30.1 Å². The molecule has 3 aromatic rings. The SMILES string of the molecule is CC1(NC(=O)O[C@@H]2CO[C@H](c3cc(Nc4nccn5ncc(Br)c45)n[nH]3)[C@H]2F)CC1. The van der Waals surface area contributed by atoms with Crippen LogP contribution in [0.25, 0.3) is 5.52 Å². The zero-order valence-corrected chi connectivity index (χ0v) is 17.5. The van der Waals surface area contributed by atoms with Gasteiger partial charge < -0.3 is 20.1 Å². The summed E-state index contributed by atoms with van der Waals surface area (Å²) in [5, 5.41) is 17.0. The van der Waals surface area contributed by atoms with Crippen LogP contribution >= 0.6 is 15.9 Å². The highest BCUT2D eigenvalue weighted by molar-refractivity contribution is 9.10. The second kappa shape index (κ2) is 7.20. The number of amides is 1. The van der Waals surface area contributed by atoms with Gasteiger partial charge in [-0.05, 0) is 35.7 Å². The summed E-state index contributed by atoms with van der Waals surface area (Å²) in [6.07, 6.45) is 2.77. The van der Waals surface area contributed by atoms with Gasteiger partial charge in [0.1, 0.15) is 11.6 Å². The van der Waals surface area contributed by atoms with Crippen LogP contribution in [0.1, 0.15) is 31.6 Å². The summed E-state index contributed by atoms with van der Waals surface area (Å²) in [6, 6.07) is 1.64. The Morgan fingerprint density at radius 2 is 2.33 bits per heavy atom. The van der Waals surface area contributed by atoms with Crippen molar-refractivity contribution in [1.29, 1.82) is 0 Å². The van der Waals surface area contributed by atoms with E-state index in [1.807, 2.05) is 6.92 Å². The fourth-order valence-electron chi connectivity index (χ4n) is 3.33. The van der Waals surface area contributed by atoms with Gasteiger partial charge in [0, 0.05) is 24.0 Å². The van der Waals surface area contributed by atoms with E-state index >= 15 is 0 Å².